The minimum absolute atomic E-state index is 0.116. The highest BCUT2D eigenvalue weighted by molar-refractivity contribution is 7.91. The van der Waals surface area contributed by atoms with Crippen molar-refractivity contribution in [1.29, 1.82) is 0 Å². The van der Waals surface area contributed by atoms with Crippen LogP contribution in [0.1, 0.15) is 18.0 Å². The number of pyridine rings is 1. The molecule has 0 aliphatic carbocycles. The van der Waals surface area contributed by atoms with E-state index in [9.17, 15) is 8.42 Å². The summed E-state index contributed by atoms with van der Waals surface area (Å²) in [4.78, 5) is 4.08. The number of rotatable bonds is 2. The molecule has 0 saturated carbocycles. The lowest BCUT2D eigenvalue weighted by molar-refractivity contribution is 0.508. The molecule has 0 radical (unpaired) electrons. The van der Waals surface area contributed by atoms with E-state index in [1.54, 1.807) is 17.1 Å². The van der Waals surface area contributed by atoms with Crippen molar-refractivity contribution < 1.29 is 8.42 Å². The molecule has 0 bridgehead atoms. The molecule has 1 aliphatic rings. The summed E-state index contributed by atoms with van der Waals surface area (Å²) in [6, 6.07) is 3.59. The second-order valence-corrected chi connectivity index (χ2v) is 7.33. The van der Waals surface area contributed by atoms with Crippen molar-refractivity contribution in [2.24, 2.45) is 0 Å². The molecule has 3 rings (SSSR count). The number of nitrogens with zero attached hydrogens (tertiary/aromatic N) is 3. The van der Waals surface area contributed by atoms with Crippen LogP contribution in [0.25, 0.3) is 11.3 Å². The van der Waals surface area contributed by atoms with E-state index in [2.05, 4.69) is 10.1 Å². The van der Waals surface area contributed by atoms with Crippen LogP contribution in [0.2, 0.25) is 0 Å². The molecule has 2 aromatic heterocycles. The van der Waals surface area contributed by atoms with Gasteiger partial charge in [-0.2, -0.15) is 5.10 Å². The Hall–Kier alpha value is -1.89. The van der Waals surface area contributed by atoms with Crippen LogP contribution in [-0.4, -0.2) is 34.7 Å². The summed E-state index contributed by atoms with van der Waals surface area (Å²) < 4.78 is 24.8. The standard InChI is InChI=1S/C13H16N4O2S/c1-9-12(10-3-2-5-15-7-10)16-17(13(9)14)11-4-6-20(18,19)8-11/h2-3,5,7,11H,4,6,8,14H2,1H3. The van der Waals surface area contributed by atoms with E-state index in [1.165, 1.54) is 0 Å². The van der Waals surface area contributed by atoms with E-state index in [0.29, 0.717) is 12.2 Å². The van der Waals surface area contributed by atoms with Gasteiger partial charge >= 0.3 is 0 Å². The average Bonchev–Trinajstić information content (AvgIpc) is 2.93. The van der Waals surface area contributed by atoms with Gasteiger partial charge in [-0.3, -0.25) is 4.98 Å². The fraction of sp³-hybridized carbons (Fsp3) is 0.385. The quantitative estimate of drug-likeness (QED) is 0.898. The maximum Gasteiger partial charge on any atom is 0.152 e. The zero-order valence-corrected chi connectivity index (χ0v) is 12.0. The minimum atomic E-state index is -2.96. The molecule has 0 spiro atoms. The highest BCUT2D eigenvalue weighted by Gasteiger charge is 2.31. The van der Waals surface area contributed by atoms with Crippen molar-refractivity contribution in [2.75, 3.05) is 17.2 Å². The van der Waals surface area contributed by atoms with Gasteiger partial charge in [-0.15, -0.1) is 0 Å². The molecule has 7 heteroatoms. The number of anilines is 1. The molecular formula is C13H16N4O2S. The molecule has 0 amide bonds. The van der Waals surface area contributed by atoms with E-state index in [-0.39, 0.29) is 17.5 Å². The van der Waals surface area contributed by atoms with E-state index in [4.69, 9.17) is 5.73 Å². The molecule has 2 N–H and O–H groups in total. The zero-order chi connectivity index (χ0) is 14.3. The second-order valence-electron chi connectivity index (χ2n) is 5.10. The summed E-state index contributed by atoms with van der Waals surface area (Å²) >= 11 is 0. The maximum atomic E-state index is 11.6. The average molecular weight is 292 g/mol. The lowest BCUT2D eigenvalue weighted by Crippen LogP contribution is -2.14. The van der Waals surface area contributed by atoms with Crippen LogP contribution in [0.15, 0.2) is 24.5 Å². The van der Waals surface area contributed by atoms with Crippen LogP contribution in [0, 0.1) is 6.92 Å². The van der Waals surface area contributed by atoms with Crippen molar-refractivity contribution in [1.82, 2.24) is 14.8 Å². The molecule has 20 heavy (non-hydrogen) atoms. The zero-order valence-electron chi connectivity index (χ0n) is 11.2. The summed E-state index contributed by atoms with van der Waals surface area (Å²) in [5.74, 6) is 0.856. The molecule has 1 unspecified atom stereocenters. The first kappa shape index (κ1) is 13.1. The molecule has 1 aliphatic heterocycles. The van der Waals surface area contributed by atoms with Gasteiger partial charge in [0.15, 0.2) is 9.84 Å². The molecule has 1 saturated heterocycles. The molecule has 6 nitrogen and oxygen atoms in total. The highest BCUT2D eigenvalue weighted by atomic mass is 32.2. The number of sulfone groups is 1. The first-order valence-corrected chi connectivity index (χ1v) is 8.25. The van der Waals surface area contributed by atoms with Crippen molar-refractivity contribution >= 4 is 15.7 Å². The number of nitrogen functional groups attached to an aromatic ring is 1. The monoisotopic (exact) mass is 292 g/mol. The predicted molar refractivity (Wildman–Crippen MR) is 76.9 cm³/mol. The minimum Gasteiger partial charge on any atom is -0.384 e. The summed E-state index contributed by atoms with van der Waals surface area (Å²) in [6.07, 6.45) is 3.99. The lowest BCUT2D eigenvalue weighted by Gasteiger charge is -2.10. The van der Waals surface area contributed by atoms with Crippen LogP contribution in [0.3, 0.4) is 0 Å². The third-order valence-electron chi connectivity index (χ3n) is 3.68. The molecule has 1 atom stereocenters. The Labute approximate surface area is 117 Å². The summed E-state index contributed by atoms with van der Waals surface area (Å²) in [5, 5.41) is 4.51. The Morgan fingerprint density at radius 3 is 2.85 bits per heavy atom. The van der Waals surface area contributed by atoms with Crippen LogP contribution in [0.5, 0.6) is 0 Å². The van der Waals surface area contributed by atoms with Gasteiger partial charge in [0.1, 0.15) is 5.82 Å². The summed E-state index contributed by atoms with van der Waals surface area (Å²) in [7, 11) is -2.96. The number of hydrogen-bond donors (Lipinski definition) is 1. The Kier molecular flexibility index (Phi) is 3.01. The Balaban J connectivity index is 2.03. The third kappa shape index (κ3) is 2.18. The van der Waals surface area contributed by atoms with Gasteiger partial charge in [-0.05, 0) is 25.5 Å². The van der Waals surface area contributed by atoms with E-state index in [0.717, 1.165) is 16.8 Å². The lowest BCUT2D eigenvalue weighted by atomic mass is 10.1. The Bertz CT molecular complexity index is 737. The number of nitrogens with two attached hydrogens (primary N) is 1. The second kappa shape index (κ2) is 4.59. The van der Waals surface area contributed by atoms with Gasteiger partial charge in [0.05, 0.1) is 23.2 Å². The van der Waals surface area contributed by atoms with Crippen molar-refractivity contribution in [2.45, 2.75) is 19.4 Å². The molecule has 3 heterocycles. The van der Waals surface area contributed by atoms with Crippen molar-refractivity contribution in [3.05, 3.63) is 30.1 Å². The largest absolute Gasteiger partial charge is 0.384 e. The number of aromatic nitrogens is 3. The topological polar surface area (TPSA) is 90.9 Å². The van der Waals surface area contributed by atoms with Crippen molar-refractivity contribution in [3.8, 4) is 11.3 Å². The molecule has 2 aromatic rings. The van der Waals surface area contributed by atoms with E-state index >= 15 is 0 Å². The smallest absolute Gasteiger partial charge is 0.152 e. The highest BCUT2D eigenvalue weighted by Crippen LogP contribution is 2.31. The van der Waals surface area contributed by atoms with Gasteiger partial charge in [0.2, 0.25) is 0 Å². The van der Waals surface area contributed by atoms with E-state index < -0.39 is 9.84 Å². The third-order valence-corrected chi connectivity index (χ3v) is 5.43. The van der Waals surface area contributed by atoms with Crippen molar-refractivity contribution in [3.63, 3.8) is 0 Å². The summed E-state index contributed by atoms with van der Waals surface area (Å²) in [6.45, 7) is 1.89. The Morgan fingerprint density at radius 1 is 1.45 bits per heavy atom. The van der Waals surface area contributed by atoms with Crippen LogP contribution in [0.4, 0.5) is 5.82 Å². The molecule has 106 valence electrons. The fourth-order valence-electron chi connectivity index (χ4n) is 2.55. The Morgan fingerprint density at radius 2 is 2.25 bits per heavy atom. The SMILES string of the molecule is Cc1c(-c2cccnc2)nn(C2CCS(=O)(=O)C2)c1N. The first-order chi connectivity index (χ1) is 9.48. The fourth-order valence-corrected chi connectivity index (χ4v) is 4.25. The van der Waals surface area contributed by atoms with Gasteiger partial charge in [-0.25, -0.2) is 13.1 Å². The first-order valence-electron chi connectivity index (χ1n) is 6.43. The van der Waals surface area contributed by atoms with Gasteiger partial charge < -0.3 is 5.73 Å². The van der Waals surface area contributed by atoms with Crippen LogP contribution in [-0.2, 0) is 9.84 Å². The van der Waals surface area contributed by atoms with Gasteiger partial charge in [0.25, 0.3) is 0 Å². The maximum absolute atomic E-state index is 11.6. The molecule has 0 aromatic carbocycles. The number of hydrogen-bond acceptors (Lipinski definition) is 5. The van der Waals surface area contributed by atoms with E-state index in [1.807, 2.05) is 19.1 Å². The summed E-state index contributed by atoms with van der Waals surface area (Å²) in [5.41, 5.74) is 8.61. The molecule has 1 fully saturated rings. The van der Waals surface area contributed by atoms with Gasteiger partial charge in [0, 0.05) is 23.5 Å². The predicted octanol–water partition coefficient (Wildman–Crippen LogP) is 1.20. The van der Waals surface area contributed by atoms with Crippen LogP contribution < -0.4 is 5.73 Å². The van der Waals surface area contributed by atoms with Crippen LogP contribution >= 0.6 is 0 Å². The van der Waals surface area contributed by atoms with Gasteiger partial charge in [-0.1, -0.05) is 0 Å². The molecular weight excluding hydrogens is 276 g/mol. The normalized spacial score (nSPS) is 21.1.